The zero-order valence-corrected chi connectivity index (χ0v) is 25.7. The molecule has 4 N–H and O–H groups in total. The standard InChI is InChI=1S/C35H34N6O2S/c1-4-37-31-19-18-29(23-30(31)35(2,3)32(42)20-21-36)43-24-38-26-14-11-17-28(22-26)40-33(25-12-7-5-8-13-25)41(39-34(40)44)27-15-9-6-10-16-27/h5-20,22-23,37-38H,4,24H2,1-3H3,(H-,39,42,44)/p+1. The molecule has 0 aliphatic rings. The zero-order valence-electron chi connectivity index (χ0n) is 24.9. The number of nitrogens with zero attached hydrogens (tertiary/aromatic N) is 3. The average Bonchev–Trinajstić information content (AvgIpc) is 3.40. The minimum absolute atomic E-state index is 0.0157. The van der Waals surface area contributed by atoms with E-state index in [1.54, 1.807) is 0 Å². The van der Waals surface area contributed by atoms with Crippen molar-refractivity contribution in [1.29, 1.82) is 5.26 Å². The van der Waals surface area contributed by atoms with Crippen LogP contribution in [0.25, 0.3) is 22.8 Å². The summed E-state index contributed by atoms with van der Waals surface area (Å²) < 4.78 is 10.7. The largest absolute Gasteiger partial charge is 0.511 e. The van der Waals surface area contributed by atoms with Crippen molar-refractivity contribution >= 4 is 23.6 Å². The predicted octanol–water partition coefficient (Wildman–Crippen LogP) is 7.60. The number of aromatic amines is 1. The van der Waals surface area contributed by atoms with Gasteiger partial charge in [0, 0.05) is 29.4 Å². The lowest BCUT2D eigenvalue weighted by Gasteiger charge is -2.27. The summed E-state index contributed by atoms with van der Waals surface area (Å²) in [6.45, 7) is 6.67. The van der Waals surface area contributed by atoms with Crippen molar-refractivity contribution in [2.24, 2.45) is 0 Å². The van der Waals surface area contributed by atoms with E-state index < -0.39 is 5.41 Å². The zero-order chi connectivity index (χ0) is 31.1. The van der Waals surface area contributed by atoms with Crippen LogP contribution in [-0.2, 0) is 5.41 Å². The van der Waals surface area contributed by atoms with E-state index in [4.69, 9.17) is 22.2 Å². The van der Waals surface area contributed by atoms with E-state index in [-0.39, 0.29) is 12.5 Å². The smallest absolute Gasteiger partial charge is 0.329 e. The first-order valence-electron chi connectivity index (χ1n) is 14.4. The lowest BCUT2D eigenvalue weighted by Crippen LogP contribution is -2.33. The molecule has 9 heteroatoms. The first-order valence-corrected chi connectivity index (χ1v) is 14.8. The Bertz CT molecular complexity index is 1870. The summed E-state index contributed by atoms with van der Waals surface area (Å²) in [5.41, 5.74) is 4.63. The number of nitrogens with one attached hydrogen (secondary N) is 3. The fraction of sp³-hybridized carbons (Fsp3) is 0.171. The van der Waals surface area contributed by atoms with Crippen LogP contribution in [-0.4, -0.2) is 28.2 Å². The quantitative estimate of drug-likeness (QED) is 0.0408. The third-order valence-electron chi connectivity index (χ3n) is 7.37. The summed E-state index contributed by atoms with van der Waals surface area (Å²) in [6, 6.07) is 35.8. The average molecular weight is 604 g/mol. The van der Waals surface area contributed by atoms with E-state index >= 15 is 0 Å². The Labute approximate surface area is 262 Å². The Morgan fingerprint density at radius 3 is 2.43 bits per heavy atom. The lowest BCUT2D eigenvalue weighted by molar-refractivity contribution is -0.591. The number of H-pyrrole nitrogens is 1. The maximum atomic E-state index is 10.6. The van der Waals surface area contributed by atoms with Crippen molar-refractivity contribution in [3.8, 4) is 34.6 Å². The van der Waals surface area contributed by atoms with Crippen LogP contribution in [0.3, 0.4) is 0 Å². The number of rotatable bonds is 11. The molecule has 1 aromatic heterocycles. The van der Waals surface area contributed by atoms with Crippen molar-refractivity contribution < 1.29 is 14.4 Å². The molecule has 0 saturated heterocycles. The molecule has 1 heterocycles. The molecule has 0 amide bonds. The molecule has 0 unspecified atom stereocenters. The molecule has 0 bridgehead atoms. The van der Waals surface area contributed by atoms with E-state index in [0.717, 1.165) is 39.7 Å². The van der Waals surface area contributed by atoms with Gasteiger partial charge in [0.2, 0.25) is 0 Å². The van der Waals surface area contributed by atoms with Gasteiger partial charge in [0.05, 0.1) is 17.7 Å². The second kappa shape index (κ2) is 13.3. The molecule has 0 fully saturated rings. The fourth-order valence-corrected chi connectivity index (χ4v) is 5.34. The number of hydrogen-bond acceptors (Lipinski definition) is 6. The monoisotopic (exact) mass is 603 g/mol. The topological polar surface area (TPSA) is 102 Å². The highest BCUT2D eigenvalue weighted by Crippen LogP contribution is 2.37. The summed E-state index contributed by atoms with van der Waals surface area (Å²) in [5.74, 6) is 1.52. The molecule has 4 aromatic carbocycles. The van der Waals surface area contributed by atoms with E-state index in [1.807, 2.05) is 127 Å². The van der Waals surface area contributed by atoms with Crippen molar-refractivity contribution in [3.63, 3.8) is 0 Å². The van der Waals surface area contributed by atoms with Crippen molar-refractivity contribution in [3.05, 3.63) is 125 Å². The van der Waals surface area contributed by atoms with Crippen LogP contribution < -0.4 is 19.9 Å². The maximum absolute atomic E-state index is 10.6. The normalized spacial score (nSPS) is 11.5. The maximum Gasteiger partial charge on any atom is 0.329 e. The molecular formula is C35H35N6O2S+. The number of ether oxygens (including phenoxy) is 1. The second-order valence-electron chi connectivity index (χ2n) is 10.7. The molecule has 0 radical (unpaired) electrons. The molecule has 0 aliphatic heterocycles. The molecule has 44 heavy (non-hydrogen) atoms. The van der Waals surface area contributed by atoms with Gasteiger partial charge < -0.3 is 20.5 Å². The SMILES string of the molecule is CCNc1ccc(OCNc2cccc(-[n+]3c(-c4ccccc4)n(-c4ccccc4)[nH]c3=S)c2)cc1C(C)(C)C(O)=CC#N. The summed E-state index contributed by atoms with van der Waals surface area (Å²) in [5, 5.41) is 29.7. The Hall–Kier alpha value is -5.33. The second-order valence-corrected chi connectivity index (χ2v) is 11.0. The Morgan fingerprint density at radius 1 is 1.00 bits per heavy atom. The number of benzene rings is 4. The van der Waals surface area contributed by atoms with E-state index in [9.17, 15) is 5.11 Å². The van der Waals surface area contributed by atoms with Gasteiger partial charge in [-0.1, -0.05) is 42.5 Å². The molecule has 0 spiro atoms. The summed E-state index contributed by atoms with van der Waals surface area (Å²) in [4.78, 5) is 0. The van der Waals surface area contributed by atoms with Crippen LogP contribution in [0.4, 0.5) is 11.4 Å². The van der Waals surface area contributed by atoms with Gasteiger partial charge in [-0.3, -0.25) is 0 Å². The van der Waals surface area contributed by atoms with Crippen molar-refractivity contribution in [2.75, 3.05) is 23.9 Å². The van der Waals surface area contributed by atoms with Gasteiger partial charge in [-0.05, 0) is 93.1 Å². The molecule has 8 nitrogen and oxygen atoms in total. The molecular weight excluding hydrogens is 568 g/mol. The van der Waals surface area contributed by atoms with E-state index in [1.165, 1.54) is 6.08 Å². The first kappa shape index (κ1) is 30.1. The number of para-hydroxylation sites is 1. The van der Waals surface area contributed by atoms with Crippen LogP contribution in [0.15, 0.2) is 115 Å². The molecule has 0 aliphatic carbocycles. The number of nitriles is 1. The number of allylic oxidation sites excluding steroid dienone is 2. The highest BCUT2D eigenvalue weighted by molar-refractivity contribution is 7.71. The van der Waals surface area contributed by atoms with Gasteiger partial charge in [-0.25, -0.2) is 0 Å². The fourth-order valence-electron chi connectivity index (χ4n) is 5.06. The van der Waals surface area contributed by atoms with Gasteiger partial charge in [-0.15, -0.1) is 9.78 Å². The number of anilines is 2. The minimum Gasteiger partial charge on any atom is -0.511 e. The van der Waals surface area contributed by atoms with Crippen LogP contribution in [0.2, 0.25) is 0 Å². The van der Waals surface area contributed by atoms with Crippen LogP contribution in [0.1, 0.15) is 26.3 Å². The number of aliphatic hydroxyl groups excluding tert-OH is 1. The molecule has 0 atom stereocenters. The first-order chi connectivity index (χ1) is 21.3. The van der Waals surface area contributed by atoms with E-state index in [2.05, 4.69) is 27.9 Å². The number of hydrogen-bond donors (Lipinski definition) is 4. The molecule has 0 saturated carbocycles. The Kier molecular flexibility index (Phi) is 9.12. The predicted molar refractivity (Wildman–Crippen MR) is 177 cm³/mol. The van der Waals surface area contributed by atoms with Gasteiger partial charge >= 0.3 is 4.77 Å². The van der Waals surface area contributed by atoms with Gasteiger partial charge in [0.25, 0.3) is 5.82 Å². The van der Waals surface area contributed by atoms with Crippen molar-refractivity contribution in [1.82, 2.24) is 9.78 Å². The van der Waals surface area contributed by atoms with Crippen LogP contribution in [0.5, 0.6) is 5.75 Å². The minimum atomic E-state index is -0.795. The molecule has 5 rings (SSSR count). The third-order valence-corrected chi connectivity index (χ3v) is 7.65. The highest BCUT2D eigenvalue weighted by atomic mass is 32.1. The number of aromatic nitrogens is 3. The highest BCUT2D eigenvalue weighted by Gasteiger charge is 2.29. The summed E-state index contributed by atoms with van der Waals surface area (Å²) >= 11 is 5.84. The molecule has 5 aromatic rings. The third kappa shape index (κ3) is 6.36. The van der Waals surface area contributed by atoms with Gasteiger partial charge in [-0.2, -0.15) is 9.83 Å². The van der Waals surface area contributed by atoms with E-state index in [0.29, 0.717) is 17.1 Å². The van der Waals surface area contributed by atoms with Gasteiger partial charge in [0.15, 0.2) is 6.73 Å². The Balaban J connectivity index is 1.42. The summed E-state index contributed by atoms with van der Waals surface area (Å²) in [6.07, 6.45) is 1.17. The van der Waals surface area contributed by atoms with Crippen LogP contribution in [0, 0.1) is 16.1 Å². The summed E-state index contributed by atoms with van der Waals surface area (Å²) in [7, 11) is 0. The molecule has 222 valence electrons. The lowest BCUT2D eigenvalue weighted by atomic mass is 9.81. The van der Waals surface area contributed by atoms with Crippen molar-refractivity contribution in [2.45, 2.75) is 26.2 Å². The number of aliphatic hydroxyl groups is 1. The van der Waals surface area contributed by atoms with Crippen LogP contribution >= 0.6 is 12.2 Å². The van der Waals surface area contributed by atoms with Gasteiger partial charge in [0.1, 0.15) is 22.9 Å². The Morgan fingerprint density at radius 2 is 1.73 bits per heavy atom.